The first-order valence-electron chi connectivity index (χ1n) is 18.3. The van der Waals surface area contributed by atoms with Gasteiger partial charge in [-0.15, -0.1) is 5.10 Å². The molecule has 3 aromatic heterocycles. The number of carbonyl (C=O) groups is 6. The third-order valence-corrected chi connectivity index (χ3v) is 10.1. The molecular weight excluding hydrogens is 700 g/mol. The second kappa shape index (κ2) is 17.5. The molecule has 2 fully saturated rings. The SMILES string of the molecule is CC(C)(O)c1cnnn1[C@H]1C[C@@H](C(=O)NC(CCCCNC(=O)O)C(=O)C(N)=O)N(C(=O)[C@@H](CC2CCCCC2)NC(=O)c2ccc3ncccc3n2)C1. The lowest BCUT2D eigenvalue weighted by Gasteiger charge is -2.32. The van der Waals surface area contributed by atoms with E-state index < -0.39 is 65.3 Å². The number of hydrogen-bond acceptors (Lipinski definition) is 11. The Morgan fingerprint density at radius 2 is 1.76 bits per heavy atom. The number of carbonyl (C=O) groups excluding carboxylic acids is 5. The molecule has 290 valence electrons. The largest absolute Gasteiger partial charge is 0.465 e. The van der Waals surface area contributed by atoms with E-state index in [-0.39, 0.29) is 44.0 Å². The Labute approximate surface area is 311 Å². The third kappa shape index (κ3) is 9.91. The summed E-state index contributed by atoms with van der Waals surface area (Å²) in [6.45, 7) is 3.16. The molecule has 3 aromatic rings. The van der Waals surface area contributed by atoms with Gasteiger partial charge in [0, 0.05) is 25.7 Å². The molecule has 0 spiro atoms. The second-order valence-corrected chi connectivity index (χ2v) is 14.5. The molecule has 18 nitrogen and oxygen atoms in total. The van der Waals surface area contributed by atoms with E-state index in [0.717, 1.165) is 32.1 Å². The molecule has 0 bridgehead atoms. The average Bonchev–Trinajstić information content (AvgIpc) is 3.82. The topological polar surface area (TPSA) is 265 Å². The minimum atomic E-state index is -1.37. The molecule has 1 aliphatic heterocycles. The van der Waals surface area contributed by atoms with Gasteiger partial charge in [-0.1, -0.05) is 37.3 Å². The van der Waals surface area contributed by atoms with Gasteiger partial charge in [-0.05, 0) is 69.7 Å². The molecule has 4 heterocycles. The number of fused-ring (bicyclic) bond motifs is 1. The number of aliphatic hydroxyl groups is 1. The van der Waals surface area contributed by atoms with Gasteiger partial charge in [-0.2, -0.15) is 0 Å². The van der Waals surface area contributed by atoms with Gasteiger partial charge in [-0.3, -0.25) is 29.0 Å². The van der Waals surface area contributed by atoms with Crippen LogP contribution in [0.1, 0.15) is 100 Å². The molecule has 1 aliphatic carbocycles. The van der Waals surface area contributed by atoms with Crippen molar-refractivity contribution < 1.29 is 39.0 Å². The van der Waals surface area contributed by atoms with Gasteiger partial charge in [0.05, 0.1) is 35.0 Å². The molecule has 18 heteroatoms. The number of rotatable bonds is 16. The number of pyridine rings is 2. The number of ketones is 1. The number of carboxylic acid groups (broad SMARTS) is 1. The number of hydrogen-bond donors (Lipinski definition) is 6. The number of amides is 5. The summed E-state index contributed by atoms with van der Waals surface area (Å²) >= 11 is 0. The van der Waals surface area contributed by atoms with E-state index in [1.807, 2.05) is 0 Å². The molecule has 1 saturated heterocycles. The number of unbranched alkanes of at least 4 members (excludes halogenated alkanes) is 1. The van der Waals surface area contributed by atoms with Crippen LogP contribution in [0.4, 0.5) is 4.79 Å². The second-order valence-electron chi connectivity index (χ2n) is 14.5. The van der Waals surface area contributed by atoms with E-state index in [4.69, 9.17) is 10.8 Å². The fourth-order valence-electron chi connectivity index (χ4n) is 7.31. The zero-order valence-corrected chi connectivity index (χ0v) is 30.4. The summed E-state index contributed by atoms with van der Waals surface area (Å²) in [5.41, 5.74) is 5.50. The number of nitrogens with two attached hydrogens (primary N) is 1. The first-order valence-corrected chi connectivity index (χ1v) is 18.3. The number of likely N-dealkylation sites (tertiary alicyclic amines) is 1. The molecule has 5 amide bonds. The van der Waals surface area contributed by atoms with Crippen molar-refractivity contribution in [2.75, 3.05) is 13.1 Å². The third-order valence-electron chi connectivity index (χ3n) is 10.1. The van der Waals surface area contributed by atoms with E-state index in [1.54, 1.807) is 38.2 Å². The minimum Gasteiger partial charge on any atom is -0.465 e. The summed E-state index contributed by atoms with van der Waals surface area (Å²) < 4.78 is 1.47. The lowest BCUT2D eigenvalue weighted by molar-refractivity contribution is -0.142. The van der Waals surface area contributed by atoms with Crippen molar-refractivity contribution >= 4 is 46.5 Å². The Balaban J connectivity index is 1.44. The lowest BCUT2D eigenvalue weighted by Crippen LogP contribution is -2.56. The fraction of sp³-hybridized carbons (Fsp3) is 0.556. The normalized spacial score (nSPS) is 18.8. The molecule has 2 aliphatic rings. The Morgan fingerprint density at radius 1 is 1.00 bits per heavy atom. The predicted molar refractivity (Wildman–Crippen MR) is 192 cm³/mol. The number of primary amides is 1. The van der Waals surface area contributed by atoms with Gasteiger partial charge < -0.3 is 36.8 Å². The van der Waals surface area contributed by atoms with Crippen molar-refractivity contribution in [2.45, 2.75) is 108 Å². The molecule has 5 rings (SSSR count). The number of aromatic nitrogens is 5. The molecule has 54 heavy (non-hydrogen) atoms. The van der Waals surface area contributed by atoms with Crippen LogP contribution < -0.4 is 21.7 Å². The maximum atomic E-state index is 14.7. The highest BCUT2D eigenvalue weighted by Crippen LogP contribution is 2.33. The van der Waals surface area contributed by atoms with Crippen LogP contribution >= 0.6 is 0 Å². The molecule has 7 N–H and O–H groups in total. The fourth-order valence-corrected chi connectivity index (χ4v) is 7.31. The highest BCUT2D eigenvalue weighted by atomic mass is 16.4. The maximum absolute atomic E-state index is 14.7. The van der Waals surface area contributed by atoms with Crippen molar-refractivity contribution in [3.05, 3.63) is 48.0 Å². The zero-order chi connectivity index (χ0) is 39.0. The van der Waals surface area contributed by atoms with Crippen molar-refractivity contribution in [1.29, 1.82) is 0 Å². The van der Waals surface area contributed by atoms with Crippen molar-refractivity contribution in [2.24, 2.45) is 11.7 Å². The first-order chi connectivity index (χ1) is 25.7. The van der Waals surface area contributed by atoms with Crippen LogP contribution in [0, 0.1) is 5.92 Å². The summed E-state index contributed by atoms with van der Waals surface area (Å²) in [5, 5.41) is 35.6. The van der Waals surface area contributed by atoms with Gasteiger partial charge in [-0.25, -0.2) is 14.5 Å². The molecule has 1 saturated carbocycles. The van der Waals surface area contributed by atoms with E-state index in [2.05, 4.69) is 36.2 Å². The van der Waals surface area contributed by atoms with Crippen molar-refractivity contribution in [1.82, 2.24) is 45.8 Å². The standard InChI is InChI=1S/C36H48N10O8/c1-36(2,54)29-19-40-44-46(29)22-18-28(33(50)42-25(30(47)31(37)48)11-6-7-15-39-35(52)53)45(20-22)34(51)27(17-21-9-4-3-5-10-21)43-32(49)26-14-13-23-24(41-26)12-8-16-38-23/h8,12-14,16,19,21-22,25,27-28,39,54H,3-7,9-11,15,17-18,20H2,1-2H3,(H2,37,48)(H,42,50)(H,43,49)(H,52,53)/t22-,25?,27+,28-/m0/s1. The molecule has 0 radical (unpaired) electrons. The van der Waals surface area contributed by atoms with E-state index >= 15 is 0 Å². The van der Waals surface area contributed by atoms with E-state index in [9.17, 15) is 33.9 Å². The predicted octanol–water partition coefficient (Wildman–Crippen LogP) is 1.34. The summed E-state index contributed by atoms with van der Waals surface area (Å²) in [6.07, 6.45) is 7.51. The van der Waals surface area contributed by atoms with Gasteiger partial charge in [0.15, 0.2) is 0 Å². The van der Waals surface area contributed by atoms with E-state index in [0.29, 0.717) is 29.6 Å². The van der Waals surface area contributed by atoms with Crippen LogP contribution in [0.2, 0.25) is 0 Å². The summed E-state index contributed by atoms with van der Waals surface area (Å²) in [6, 6.07) is 2.44. The zero-order valence-electron chi connectivity index (χ0n) is 30.4. The molecule has 1 unspecified atom stereocenters. The summed E-state index contributed by atoms with van der Waals surface area (Å²) in [4.78, 5) is 88.4. The van der Waals surface area contributed by atoms with Crippen LogP contribution in [0.3, 0.4) is 0 Å². The van der Waals surface area contributed by atoms with Crippen LogP contribution in [0.15, 0.2) is 36.7 Å². The lowest BCUT2D eigenvalue weighted by atomic mass is 9.84. The Hall–Kier alpha value is -5.52. The van der Waals surface area contributed by atoms with Gasteiger partial charge in [0.2, 0.25) is 17.6 Å². The highest BCUT2D eigenvalue weighted by Gasteiger charge is 2.45. The smallest absolute Gasteiger partial charge is 0.404 e. The van der Waals surface area contributed by atoms with E-state index in [1.165, 1.54) is 21.8 Å². The quantitative estimate of drug-likeness (QED) is 0.0896. The number of nitrogens with zero attached hydrogens (tertiary/aromatic N) is 6. The molecule has 4 atom stereocenters. The highest BCUT2D eigenvalue weighted by molar-refractivity contribution is 6.37. The average molecular weight is 749 g/mol. The minimum absolute atomic E-state index is 0.00729. The molecular formula is C36H48N10O8. The Bertz CT molecular complexity index is 1850. The Morgan fingerprint density at radius 3 is 2.46 bits per heavy atom. The maximum Gasteiger partial charge on any atom is 0.404 e. The van der Waals surface area contributed by atoms with Crippen molar-refractivity contribution in [3.63, 3.8) is 0 Å². The van der Waals surface area contributed by atoms with Crippen LogP contribution in [-0.2, 0) is 24.8 Å². The van der Waals surface area contributed by atoms with Gasteiger partial charge in [0.25, 0.3) is 11.8 Å². The Kier molecular flexibility index (Phi) is 12.9. The molecule has 0 aromatic carbocycles. The summed E-state index contributed by atoms with van der Waals surface area (Å²) in [7, 11) is 0. The first kappa shape index (κ1) is 39.7. The summed E-state index contributed by atoms with van der Waals surface area (Å²) in [5.74, 6) is -3.99. The van der Waals surface area contributed by atoms with Crippen LogP contribution in [0.25, 0.3) is 11.0 Å². The number of nitrogens with one attached hydrogen (secondary N) is 3. The van der Waals surface area contributed by atoms with Crippen LogP contribution in [0.5, 0.6) is 0 Å². The van der Waals surface area contributed by atoms with Gasteiger partial charge >= 0.3 is 6.09 Å². The number of Topliss-reactive ketones (excluding diaryl/α,β-unsaturated/α-hetero) is 1. The van der Waals surface area contributed by atoms with Crippen molar-refractivity contribution in [3.8, 4) is 0 Å². The monoisotopic (exact) mass is 748 g/mol. The van der Waals surface area contributed by atoms with Crippen LogP contribution in [-0.4, -0.2) is 107 Å². The van der Waals surface area contributed by atoms with Gasteiger partial charge in [0.1, 0.15) is 23.4 Å².